The van der Waals surface area contributed by atoms with Crippen LogP contribution in [0.4, 0.5) is 5.69 Å². The first-order chi connectivity index (χ1) is 12.6. The zero-order valence-electron chi connectivity index (χ0n) is 15.0. The minimum Gasteiger partial charge on any atom is -0.362 e. The number of ether oxygens (including phenoxy) is 1. The van der Waals surface area contributed by atoms with Gasteiger partial charge in [-0.25, -0.2) is 0 Å². The predicted octanol–water partition coefficient (Wildman–Crippen LogP) is 2.20. The Bertz CT molecular complexity index is 736. The molecule has 3 unspecified atom stereocenters. The normalized spacial score (nSPS) is 29.1. The second kappa shape index (κ2) is 7.17. The molecule has 3 atom stereocenters. The van der Waals surface area contributed by atoms with E-state index >= 15 is 0 Å². The van der Waals surface area contributed by atoms with Crippen molar-refractivity contribution in [3.8, 4) is 0 Å². The van der Waals surface area contributed by atoms with Gasteiger partial charge in [-0.2, -0.15) is 5.10 Å². The Balaban J connectivity index is 1.34. The maximum Gasteiger partial charge on any atom is 0.253 e. The van der Waals surface area contributed by atoms with Crippen LogP contribution in [0.1, 0.15) is 31.7 Å². The van der Waals surface area contributed by atoms with Gasteiger partial charge in [-0.1, -0.05) is 6.92 Å². The molecule has 2 N–H and O–H groups in total. The van der Waals surface area contributed by atoms with Gasteiger partial charge in [-0.15, -0.1) is 0 Å². The molecule has 4 heterocycles. The molecule has 2 aliphatic heterocycles. The molecule has 1 spiro atoms. The van der Waals surface area contributed by atoms with Gasteiger partial charge in [0.1, 0.15) is 6.10 Å². The van der Waals surface area contributed by atoms with Gasteiger partial charge in [-0.3, -0.25) is 19.8 Å². The van der Waals surface area contributed by atoms with E-state index in [1.54, 1.807) is 12.4 Å². The highest BCUT2D eigenvalue weighted by atomic mass is 16.5. The standard InChI is InChI=1S/C19H25N5O2/c1-14-12-24(13-15-9-21-22-10-15)8-6-19(14)5-4-17(26-19)18(25)23-16-3-2-7-20-11-16/h2-3,7,9-11,14,17H,4-6,8,12-13H2,1H3,(H,21,22)(H,23,25). The van der Waals surface area contributed by atoms with Crippen LogP contribution in [0.2, 0.25) is 0 Å². The fourth-order valence-corrected chi connectivity index (χ4v) is 4.17. The summed E-state index contributed by atoms with van der Waals surface area (Å²) in [6.45, 7) is 5.10. The Morgan fingerprint density at radius 3 is 3.12 bits per heavy atom. The zero-order chi connectivity index (χ0) is 18.0. The van der Waals surface area contributed by atoms with Crippen LogP contribution < -0.4 is 5.32 Å². The maximum absolute atomic E-state index is 12.5. The van der Waals surface area contributed by atoms with Gasteiger partial charge in [0, 0.05) is 37.6 Å². The summed E-state index contributed by atoms with van der Waals surface area (Å²) in [5.41, 5.74) is 1.74. The fraction of sp³-hybridized carbons (Fsp3) is 0.526. The number of H-pyrrole nitrogens is 1. The van der Waals surface area contributed by atoms with E-state index in [-0.39, 0.29) is 17.6 Å². The number of carbonyl (C=O) groups is 1. The van der Waals surface area contributed by atoms with Crippen LogP contribution in [-0.4, -0.2) is 50.8 Å². The van der Waals surface area contributed by atoms with E-state index in [4.69, 9.17) is 4.74 Å². The van der Waals surface area contributed by atoms with Crippen LogP contribution >= 0.6 is 0 Å². The Labute approximate surface area is 153 Å². The number of piperidine rings is 1. The molecule has 0 bridgehead atoms. The van der Waals surface area contributed by atoms with Crippen molar-refractivity contribution in [3.05, 3.63) is 42.5 Å². The van der Waals surface area contributed by atoms with Gasteiger partial charge < -0.3 is 10.1 Å². The average molecular weight is 355 g/mol. The van der Waals surface area contributed by atoms with Crippen molar-refractivity contribution in [1.29, 1.82) is 0 Å². The van der Waals surface area contributed by atoms with Crippen molar-refractivity contribution in [2.75, 3.05) is 18.4 Å². The largest absolute Gasteiger partial charge is 0.362 e. The SMILES string of the molecule is CC1CN(Cc2cn[nH]c2)CCC12CCC(C(=O)Nc1cccnc1)O2. The highest BCUT2D eigenvalue weighted by molar-refractivity contribution is 5.94. The molecular formula is C19H25N5O2. The van der Waals surface area contributed by atoms with Crippen molar-refractivity contribution in [2.45, 2.75) is 44.4 Å². The molecule has 4 rings (SSSR count). The molecule has 0 radical (unpaired) electrons. The summed E-state index contributed by atoms with van der Waals surface area (Å²) < 4.78 is 6.34. The molecule has 1 amide bonds. The molecule has 0 aromatic carbocycles. The minimum atomic E-state index is -0.377. The van der Waals surface area contributed by atoms with Crippen LogP contribution in [0.25, 0.3) is 0 Å². The Morgan fingerprint density at radius 2 is 2.38 bits per heavy atom. The fourth-order valence-electron chi connectivity index (χ4n) is 4.17. The molecule has 2 fully saturated rings. The number of anilines is 1. The number of rotatable bonds is 4. The molecule has 2 saturated heterocycles. The summed E-state index contributed by atoms with van der Waals surface area (Å²) in [6.07, 6.45) is 9.47. The number of hydrogen-bond acceptors (Lipinski definition) is 5. The van der Waals surface area contributed by atoms with Gasteiger partial charge in [-0.05, 0) is 37.3 Å². The second-order valence-corrected chi connectivity index (χ2v) is 7.43. The first kappa shape index (κ1) is 17.2. The molecule has 0 saturated carbocycles. The lowest BCUT2D eigenvalue weighted by molar-refractivity contribution is -0.143. The number of aromatic nitrogens is 3. The van der Waals surface area contributed by atoms with E-state index < -0.39 is 0 Å². The number of likely N-dealkylation sites (tertiary alicyclic amines) is 1. The molecule has 2 aromatic rings. The van der Waals surface area contributed by atoms with Gasteiger partial charge in [0.15, 0.2) is 0 Å². The number of pyridine rings is 1. The number of nitrogens with one attached hydrogen (secondary N) is 2. The first-order valence-electron chi connectivity index (χ1n) is 9.23. The molecule has 138 valence electrons. The van der Waals surface area contributed by atoms with Gasteiger partial charge in [0.05, 0.1) is 23.7 Å². The van der Waals surface area contributed by atoms with E-state index in [0.717, 1.165) is 38.9 Å². The smallest absolute Gasteiger partial charge is 0.253 e. The first-order valence-corrected chi connectivity index (χ1v) is 9.23. The van der Waals surface area contributed by atoms with Crippen LogP contribution in [0.3, 0.4) is 0 Å². The number of carbonyl (C=O) groups excluding carboxylic acids is 1. The zero-order valence-corrected chi connectivity index (χ0v) is 15.0. The Morgan fingerprint density at radius 1 is 1.46 bits per heavy atom. The van der Waals surface area contributed by atoms with Crippen LogP contribution in [0.5, 0.6) is 0 Å². The molecule has 7 heteroatoms. The highest BCUT2D eigenvalue weighted by Crippen LogP contribution is 2.42. The van der Waals surface area contributed by atoms with Crippen molar-refractivity contribution < 1.29 is 9.53 Å². The third-order valence-electron chi connectivity index (χ3n) is 5.67. The Hall–Kier alpha value is -2.25. The molecule has 7 nitrogen and oxygen atoms in total. The molecule has 2 aliphatic rings. The van der Waals surface area contributed by atoms with Crippen LogP contribution in [0, 0.1) is 5.92 Å². The van der Waals surface area contributed by atoms with E-state index in [9.17, 15) is 4.79 Å². The van der Waals surface area contributed by atoms with E-state index in [1.165, 1.54) is 5.56 Å². The van der Waals surface area contributed by atoms with Crippen LogP contribution in [-0.2, 0) is 16.1 Å². The lowest BCUT2D eigenvalue weighted by atomic mass is 9.80. The lowest BCUT2D eigenvalue weighted by Gasteiger charge is -2.44. The highest BCUT2D eigenvalue weighted by Gasteiger charge is 2.48. The summed E-state index contributed by atoms with van der Waals surface area (Å²) in [7, 11) is 0. The van der Waals surface area contributed by atoms with E-state index in [2.05, 4.69) is 32.3 Å². The molecule has 0 aliphatic carbocycles. The van der Waals surface area contributed by atoms with E-state index in [0.29, 0.717) is 11.6 Å². The summed E-state index contributed by atoms with van der Waals surface area (Å²) in [4.78, 5) is 19.0. The summed E-state index contributed by atoms with van der Waals surface area (Å²) >= 11 is 0. The maximum atomic E-state index is 12.5. The van der Waals surface area contributed by atoms with Gasteiger partial charge in [0.2, 0.25) is 0 Å². The quantitative estimate of drug-likeness (QED) is 0.878. The third-order valence-corrected chi connectivity index (χ3v) is 5.67. The molecule has 26 heavy (non-hydrogen) atoms. The van der Waals surface area contributed by atoms with Gasteiger partial charge >= 0.3 is 0 Å². The van der Waals surface area contributed by atoms with E-state index in [1.807, 2.05) is 24.5 Å². The van der Waals surface area contributed by atoms with Crippen molar-refractivity contribution >= 4 is 11.6 Å². The van der Waals surface area contributed by atoms with Crippen LogP contribution in [0.15, 0.2) is 36.9 Å². The van der Waals surface area contributed by atoms with Crippen molar-refractivity contribution in [1.82, 2.24) is 20.1 Å². The summed E-state index contributed by atoms with van der Waals surface area (Å²) in [5.74, 6) is 0.322. The summed E-state index contributed by atoms with van der Waals surface area (Å²) in [6, 6.07) is 3.65. The second-order valence-electron chi connectivity index (χ2n) is 7.43. The minimum absolute atomic E-state index is 0.0668. The lowest BCUT2D eigenvalue weighted by Crippen LogP contribution is -2.51. The number of hydrogen-bond donors (Lipinski definition) is 2. The molecular weight excluding hydrogens is 330 g/mol. The number of aromatic amines is 1. The van der Waals surface area contributed by atoms with Crippen molar-refractivity contribution in [3.63, 3.8) is 0 Å². The van der Waals surface area contributed by atoms with Crippen molar-refractivity contribution in [2.24, 2.45) is 5.92 Å². The number of nitrogens with zero attached hydrogens (tertiary/aromatic N) is 3. The Kier molecular flexibility index (Phi) is 4.74. The third kappa shape index (κ3) is 3.50. The molecule has 2 aromatic heterocycles. The monoisotopic (exact) mass is 355 g/mol. The summed E-state index contributed by atoms with van der Waals surface area (Å²) in [5, 5.41) is 9.80. The predicted molar refractivity (Wildman–Crippen MR) is 97.4 cm³/mol. The topological polar surface area (TPSA) is 83.1 Å². The number of amides is 1. The van der Waals surface area contributed by atoms with Gasteiger partial charge in [0.25, 0.3) is 5.91 Å². The average Bonchev–Trinajstić information content (AvgIpc) is 3.30.